The Morgan fingerprint density at radius 1 is 1.29 bits per heavy atom. The maximum atomic E-state index is 12.7. The van der Waals surface area contributed by atoms with E-state index in [2.05, 4.69) is 0 Å². The average molecular weight is 309 g/mol. The van der Waals surface area contributed by atoms with Gasteiger partial charge in [0, 0.05) is 31.3 Å². The van der Waals surface area contributed by atoms with Crippen molar-refractivity contribution in [1.82, 2.24) is 4.90 Å². The Morgan fingerprint density at radius 3 is 2.86 bits per heavy atom. The van der Waals surface area contributed by atoms with Gasteiger partial charge in [0.2, 0.25) is 11.8 Å². The monoisotopic (exact) mass is 308 g/mol. The van der Waals surface area contributed by atoms with Crippen LogP contribution in [0, 0.1) is 0 Å². The Bertz CT molecular complexity index is 590. The number of methoxy groups -OCH3 is 1. The normalized spacial score (nSPS) is 22.3. The van der Waals surface area contributed by atoms with Crippen LogP contribution in [0.25, 0.3) is 0 Å². The highest BCUT2D eigenvalue weighted by molar-refractivity contribution is 6.32. The number of nitrogens with zero attached hydrogens (tertiary/aromatic N) is 2. The third-order valence-corrected chi connectivity index (χ3v) is 4.43. The van der Waals surface area contributed by atoms with E-state index in [1.54, 1.807) is 28.0 Å². The number of ether oxygens (including phenoxy) is 1. The summed E-state index contributed by atoms with van der Waals surface area (Å²) in [6, 6.07) is 4.93. The molecular weight excluding hydrogens is 292 g/mol. The van der Waals surface area contributed by atoms with Crippen molar-refractivity contribution in [3.05, 3.63) is 23.2 Å². The lowest BCUT2D eigenvalue weighted by Gasteiger charge is -2.25. The molecule has 2 saturated heterocycles. The lowest BCUT2D eigenvalue weighted by atomic mass is 10.2. The van der Waals surface area contributed by atoms with Crippen molar-refractivity contribution in [3.63, 3.8) is 0 Å². The molecule has 2 aliphatic heterocycles. The number of rotatable bonds is 2. The molecule has 2 aliphatic rings. The maximum Gasteiger partial charge on any atom is 0.249 e. The molecule has 0 saturated carbocycles. The van der Waals surface area contributed by atoms with E-state index in [1.807, 2.05) is 0 Å². The van der Waals surface area contributed by atoms with Crippen LogP contribution >= 0.6 is 11.6 Å². The van der Waals surface area contributed by atoms with E-state index in [1.165, 1.54) is 7.11 Å². The Balaban J connectivity index is 1.94. The van der Waals surface area contributed by atoms with Crippen molar-refractivity contribution in [2.24, 2.45) is 0 Å². The van der Waals surface area contributed by atoms with Crippen molar-refractivity contribution >= 4 is 29.1 Å². The molecule has 1 unspecified atom stereocenters. The summed E-state index contributed by atoms with van der Waals surface area (Å²) in [7, 11) is 1.54. The van der Waals surface area contributed by atoms with Gasteiger partial charge in [0.1, 0.15) is 11.8 Å². The molecule has 6 heteroatoms. The lowest BCUT2D eigenvalue weighted by Crippen LogP contribution is -2.43. The number of halogens is 1. The number of fused-ring (bicyclic) bond motifs is 1. The van der Waals surface area contributed by atoms with Gasteiger partial charge in [-0.3, -0.25) is 9.59 Å². The molecule has 0 aliphatic carbocycles. The average Bonchev–Trinajstić information content (AvgIpc) is 2.94. The molecule has 5 nitrogen and oxygen atoms in total. The molecule has 0 N–H and O–H groups in total. The zero-order chi connectivity index (χ0) is 15.0. The number of hydrogen-bond donors (Lipinski definition) is 0. The second-order valence-electron chi connectivity index (χ2n) is 5.30. The van der Waals surface area contributed by atoms with Gasteiger partial charge in [-0.05, 0) is 25.0 Å². The van der Waals surface area contributed by atoms with Gasteiger partial charge >= 0.3 is 0 Å². The van der Waals surface area contributed by atoms with Gasteiger partial charge in [-0.1, -0.05) is 11.6 Å². The van der Waals surface area contributed by atoms with Crippen LogP contribution < -0.4 is 9.64 Å². The second kappa shape index (κ2) is 5.56. The van der Waals surface area contributed by atoms with Gasteiger partial charge in [-0.2, -0.15) is 0 Å². The van der Waals surface area contributed by atoms with Gasteiger partial charge in [0.25, 0.3) is 0 Å². The molecule has 2 fully saturated rings. The van der Waals surface area contributed by atoms with Crippen LogP contribution in [-0.4, -0.2) is 43.0 Å². The van der Waals surface area contributed by atoms with Crippen molar-refractivity contribution < 1.29 is 14.3 Å². The van der Waals surface area contributed by atoms with E-state index in [4.69, 9.17) is 16.3 Å². The standard InChI is InChI=1S/C15H17ClN2O3/c1-21-13-9-10(4-5-11(13)16)17-8-6-14(19)18-7-2-3-12(18)15(17)20/h4-5,9,12H,2-3,6-8H2,1H3. The van der Waals surface area contributed by atoms with Gasteiger partial charge in [-0.25, -0.2) is 0 Å². The lowest BCUT2D eigenvalue weighted by molar-refractivity contribution is -0.135. The Labute approximate surface area is 128 Å². The summed E-state index contributed by atoms with van der Waals surface area (Å²) in [5, 5.41) is 0.502. The largest absolute Gasteiger partial charge is 0.495 e. The van der Waals surface area contributed by atoms with E-state index < -0.39 is 0 Å². The molecule has 1 aromatic rings. The van der Waals surface area contributed by atoms with Crippen LogP contribution in [0.2, 0.25) is 5.02 Å². The van der Waals surface area contributed by atoms with E-state index in [9.17, 15) is 9.59 Å². The third-order valence-electron chi connectivity index (χ3n) is 4.12. The molecule has 112 valence electrons. The smallest absolute Gasteiger partial charge is 0.249 e. The minimum Gasteiger partial charge on any atom is -0.495 e. The van der Waals surface area contributed by atoms with E-state index in [0.717, 1.165) is 18.5 Å². The summed E-state index contributed by atoms with van der Waals surface area (Å²) >= 11 is 6.03. The minimum absolute atomic E-state index is 0.0114. The summed E-state index contributed by atoms with van der Waals surface area (Å²) in [4.78, 5) is 28.2. The maximum absolute atomic E-state index is 12.7. The highest BCUT2D eigenvalue weighted by atomic mass is 35.5. The van der Waals surface area contributed by atoms with Crippen LogP contribution in [0.1, 0.15) is 19.3 Å². The third kappa shape index (κ3) is 2.46. The second-order valence-corrected chi connectivity index (χ2v) is 5.71. The van der Waals surface area contributed by atoms with Gasteiger partial charge < -0.3 is 14.5 Å². The van der Waals surface area contributed by atoms with Crippen molar-refractivity contribution in [3.8, 4) is 5.75 Å². The molecule has 1 aromatic carbocycles. The van der Waals surface area contributed by atoms with Crippen LogP contribution in [0.4, 0.5) is 5.69 Å². The number of amides is 2. The van der Waals surface area contributed by atoms with E-state index in [0.29, 0.717) is 30.3 Å². The van der Waals surface area contributed by atoms with Crippen molar-refractivity contribution in [1.29, 1.82) is 0 Å². The van der Waals surface area contributed by atoms with Crippen molar-refractivity contribution in [2.45, 2.75) is 25.3 Å². The fourth-order valence-electron chi connectivity index (χ4n) is 3.04. The molecular formula is C15H17ClN2O3. The molecule has 0 aromatic heterocycles. The fourth-order valence-corrected chi connectivity index (χ4v) is 3.23. The van der Waals surface area contributed by atoms with Gasteiger partial charge in [0.05, 0.1) is 12.1 Å². The summed E-state index contributed by atoms with van der Waals surface area (Å²) in [6.45, 7) is 1.09. The summed E-state index contributed by atoms with van der Waals surface area (Å²) in [5.41, 5.74) is 0.725. The predicted molar refractivity (Wildman–Crippen MR) is 79.7 cm³/mol. The molecule has 2 heterocycles. The van der Waals surface area contributed by atoms with Gasteiger partial charge in [0.15, 0.2) is 0 Å². The number of hydrogen-bond acceptors (Lipinski definition) is 3. The predicted octanol–water partition coefficient (Wildman–Crippen LogP) is 2.08. The Kier molecular flexibility index (Phi) is 3.76. The van der Waals surface area contributed by atoms with Crippen molar-refractivity contribution in [2.75, 3.05) is 25.1 Å². The molecule has 21 heavy (non-hydrogen) atoms. The number of anilines is 1. The van der Waals surface area contributed by atoms with Crippen LogP contribution in [0.5, 0.6) is 5.75 Å². The Morgan fingerprint density at radius 2 is 2.10 bits per heavy atom. The fraction of sp³-hybridized carbons (Fsp3) is 0.467. The summed E-state index contributed by atoms with van der Waals surface area (Å²) < 4.78 is 5.20. The topological polar surface area (TPSA) is 49.9 Å². The SMILES string of the molecule is COc1cc(N2CCC(=O)N3CCCC3C2=O)ccc1Cl. The molecule has 0 spiro atoms. The number of benzene rings is 1. The first kappa shape index (κ1) is 14.2. The highest BCUT2D eigenvalue weighted by Gasteiger charge is 2.39. The first-order valence-corrected chi connectivity index (χ1v) is 7.44. The van der Waals surface area contributed by atoms with Crippen LogP contribution in [-0.2, 0) is 9.59 Å². The van der Waals surface area contributed by atoms with Gasteiger partial charge in [-0.15, -0.1) is 0 Å². The van der Waals surface area contributed by atoms with E-state index >= 15 is 0 Å². The minimum atomic E-state index is -0.318. The highest BCUT2D eigenvalue weighted by Crippen LogP contribution is 2.32. The first-order chi connectivity index (χ1) is 10.1. The Hall–Kier alpha value is -1.75. The summed E-state index contributed by atoms with van der Waals surface area (Å²) in [5.74, 6) is 0.581. The first-order valence-electron chi connectivity index (χ1n) is 7.06. The number of carbonyl (C=O) groups excluding carboxylic acids is 2. The number of carbonyl (C=O) groups is 2. The molecule has 1 atom stereocenters. The molecule has 0 bridgehead atoms. The molecule has 2 amide bonds. The van der Waals surface area contributed by atoms with E-state index in [-0.39, 0.29) is 17.9 Å². The zero-order valence-electron chi connectivity index (χ0n) is 11.8. The zero-order valence-corrected chi connectivity index (χ0v) is 12.6. The summed E-state index contributed by atoms with van der Waals surface area (Å²) in [6.07, 6.45) is 1.99. The molecule has 0 radical (unpaired) electrons. The van der Waals surface area contributed by atoms with Crippen LogP contribution in [0.15, 0.2) is 18.2 Å². The van der Waals surface area contributed by atoms with Crippen LogP contribution in [0.3, 0.4) is 0 Å². The quantitative estimate of drug-likeness (QED) is 0.840. The molecule has 3 rings (SSSR count).